The summed E-state index contributed by atoms with van der Waals surface area (Å²) in [6, 6.07) is 2.37. The summed E-state index contributed by atoms with van der Waals surface area (Å²) in [5.74, 6) is 0. The Morgan fingerprint density at radius 3 is 2.31 bits per heavy atom. The highest BCUT2D eigenvalue weighted by molar-refractivity contribution is 5.16. The Kier molecular flexibility index (Phi) is 2.36. The van der Waals surface area contributed by atoms with Crippen molar-refractivity contribution >= 4 is 0 Å². The highest BCUT2D eigenvalue weighted by atomic mass is 19.4. The molecule has 13 heavy (non-hydrogen) atoms. The third-order valence-electron chi connectivity index (χ3n) is 1.74. The van der Waals surface area contributed by atoms with Crippen LogP contribution in [0, 0.1) is 0 Å². The zero-order valence-electron chi connectivity index (χ0n) is 6.47. The summed E-state index contributed by atoms with van der Waals surface area (Å²) < 4.78 is 36.7. The lowest BCUT2D eigenvalue weighted by atomic mass is 10.0. The van der Waals surface area contributed by atoms with E-state index in [0.29, 0.717) is 0 Å². The Balaban J connectivity index is 3.09. The molecular formula is C7H8F3NO2. The van der Waals surface area contributed by atoms with Gasteiger partial charge in [-0.3, -0.25) is 0 Å². The van der Waals surface area contributed by atoms with Gasteiger partial charge in [0.2, 0.25) is 5.60 Å². The maximum absolute atomic E-state index is 12.2. The quantitative estimate of drug-likeness (QED) is 0.652. The first-order chi connectivity index (χ1) is 5.92. The predicted molar refractivity (Wildman–Crippen MR) is 37.8 cm³/mol. The molecule has 3 N–H and O–H groups in total. The molecule has 0 fully saturated rings. The molecule has 0 radical (unpaired) electrons. The Labute approximate surface area is 71.8 Å². The minimum absolute atomic E-state index is 0.470. The van der Waals surface area contributed by atoms with E-state index < -0.39 is 24.1 Å². The van der Waals surface area contributed by atoms with E-state index in [1.54, 1.807) is 0 Å². The average molecular weight is 195 g/mol. The van der Waals surface area contributed by atoms with E-state index in [2.05, 4.69) is 4.98 Å². The lowest BCUT2D eigenvalue weighted by Gasteiger charge is -2.27. The minimum atomic E-state index is -4.90. The first kappa shape index (κ1) is 10.1. The monoisotopic (exact) mass is 195 g/mol. The molecule has 1 atom stereocenters. The van der Waals surface area contributed by atoms with E-state index in [0.717, 1.165) is 6.07 Å². The van der Waals surface area contributed by atoms with E-state index in [-0.39, 0.29) is 0 Å². The van der Waals surface area contributed by atoms with Crippen molar-refractivity contribution in [2.45, 2.75) is 11.8 Å². The summed E-state index contributed by atoms with van der Waals surface area (Å²) in [6.45, 7) is -1.41. The van der Waals surface area contributed by atoms with Crippen LogP contribution in [-0.4, -0.2) is 28.0 Å². The molecule has 1 aromatic rings. The van der Waals surface area contributed by atoms with Crippen LogP contribution in [0.2, 0.25) is 0 Å². The number of hydrogen-bond donors (Lipinski definition) is 3. The second kappa shape index (κ2) is 3.04. The van der Waals surface area contributed by atoms with Gasteiger partial charge < -0.3 is 15.2 Å². The molecule has 1 rings (SSSR count). The van der Waals surface area contributed by atoms with Gasteiger partial charge in [-0.25, -0.2) is 0 Å². The normalized spacial score (nSPS) is 17.0. The number of rotatable bonds is 2. The van der Waals surface area contributed by atoms with Crippen LogP contribution in [0.5, 0.6) is 0 Å². The van der Waals surface area contributed by atoms with Crippen molar-refractivity contribution in [3.63, 3.8) is 0 Å². The van der Waals surface area contributed by atoms with Gasteiger partial charge in [-0.15, -0.1) is 0 Å². The number of hydrogen-bond acceptors (Lipinski definition) is 2. The minimum Gasteiger partial charge on any atom is -0.393 e. The lowest BCUT2D eigenvalue weighted by molar-refractivity contribution is -0.279. The van der Waals surface area contributed by atoms with Gasteiger partial charge in [-0.1, -0.05) is 0 Å². The number of aliphatic hydroxyl groups excluding tert-OH is 1. The molecule has 0 aliphatic rings. The number of aliphatic hydroxyl groups is 2. The molecule has 0 spiro atoms. The molecule has 6 heteroatoms. The molecule has 0 aliphatic carbocycles. The van der Waals surface area contributed by atoms with Crippen molar-refractivity contribution in [2.24, 2.45) is 0 Å². The molecule has 0 aliphatic heterocycles. The van der Waals surface area contributed by atoms with Gasteiger partial charge in [-0.2, -0.15) is 13.2 Å². The van der Waals surface area contributed by atoms with E-state index >= 15 is 0 Å². The number of aromatic amines is 1. The fraction of sp³-hybridized carbons (Fsp3) is 0.429. The van der Waals surface area contributed by atoms with Gasteiger partial charge in [0.15, 0.2) is 0 Å². The molecular weight excluding hydrogens is 187 g/mol. The number of alkyl halides is 3. The first-order valence-electron chi connectivity index (χ1n) is 3.45. The molecule has 0 bridgehead atoms. The number of H-pyrrole nitrogens is 1. The van der Waals surface area contributed by atoms with Crippen molar-refractivity contribution in [1.82, 2.24) is 4.98 Å². The maximum Gasteiger partial charge on any atom is 0.425 e. The lowest BCUT2D eigenvalue weighted by Crippen LogP contribution is -2.45. The topological polar surface area (TPSA) is 56.2 Å². The van der Waals surface area contributed by atoms with Crippen LogP contribution in [0.1, 0.15) is 5.69 Å². The highest BCUT2D eigenvalue weighted by Crippen LogP contribution is 2.37. The van der Waals surface area contributed by atoms with Crippen molar-refractivity contribution in [3.8, 4) is 0 Å². The summed E-state index contributed by atoms with van der Waals surface area (Å²) >= 11 is 0. The van der Waals surface area contributed by atoms with Crippen LogP contribution in [0.15, 0.2) is 18.3 Å². The Hall–Kier alpha value is -1.01. The van der Waals surface area contributed by atoms with Crippen molar-refractivity contribution in [1.29, 1.82) is 0 Å². The summed E-state index contributed by atoms with van der Waals surface area (Å²) in [4.78, 5) is 2.21. The number of aromatic nitrogens is 1. The van der Waals surface area contributed by atoms with Gasteiger partial charge in [0, 0.05) is 6.20 Å². The van der Waals surface area contributed by atoms with Crippen LogP contribution >= 0.6 is 0 Å². The van der Waals surface area contributed by atoms with Gasteiger partial charge in [0.05, 0.1) is 12.3 Å². The van der Waals surface area contributed by atoms with Gasteiger partial charge in [0.1, 0.15) is 0 Å². The summed E-state index contributed by atoms with van der Waals surface area (Å²) in [5.41, 5.74) is -3.67. The van der Waals surface area contributed by atoms with Gasteiger partial charge in [0.25, 0.3) is 0 Å². The molecule has 0 amide bonds. The first-order valence-corrected chi connectivity index (χ1v) is 3.45. The SMILES string of the molecule is OCC(O)(c1ccc[nH]1)C(F)(F)F. The molecule has 1 unspecified atom stereocenters. The van der Waals surface area contributed by atoms with E-state index in [4.69, 9.17) is 10.2 Å². The summed E-state index contributed by atoms with van der Waals surface area (Å²) in [6.07, 6.45) is -3.66. The number of nitrogens with one attached hydrogen (secondary N) is 1. The third kappa shape index (κ3) is 1.54. The van der Waals surface area contributed by atoms with E-state index in [1.165, 1.54) is 12.3 Å². The standard InChI is InChI=1S/C7H8F3NO2/c8-7(9,10)6(13,4-12)5-2-1-3-11-5/h1-3,11-13H,4H2. The molecule has 0 aromatic carbocycles. The van der Waals surface area contributed by atoms with Crippen LogP contribution in [0.25, 0.3) is 0 Å². The van der Waals surface area contributed by atoms with Crippen molar-refractivity contribution in [2.75, 3.05) is 6.61 Å². The summed E-state index contributed by atoms with van der Waals surface area (Å²) in [7, 11) is 0. The predicted octanol–water partition coefficient (Wildman–Crippen LogP) is 0.757. The summed E-state index contributed by atoms with van der Waals surface area (Å²) in [5, 5.41) is 17.6. The Bertz CT molecular complexity index is 270. The zero-order valence-corrected chi connectivity index (χ0v) is 6.47. The fourth-order valence-electron chi connectivity index (χ4n) is 0.915. The molecule has 1 aromatic heterocycles. The smallest absolute Gasteiger partial charge is 0.393 e. The Morgan fingerprint density at radius 1 is 1.38 bits per heavy atom. The Morgan fingerprint density at radius 2 is 2.00 bits per heavy atom. The van der Waals surface area contributed by atoms with Crippen LogP contribution in [0.4, 0.5) is 13.2 Å². The highest BCUT2D eigenvalue weighted by Gasteiger charge is 2.55. The largest absolute Gasteiger partial charge is 0.425 e. The second-order valence-corrected chi connectivity index (χ2v) is 2.60. The van der Waals surface area contributed by atoms with Gasteiger partial charge >= 0.3 is 6.18 Å². The maximum atomic E-state index is 12.2. The van der Waals surface area contributed by atoms with Crippen LogP contribution < -0.4 is 0 Å². The zero-order chi connectivity index (χ0) is 10.1. The third-order valence-corrected chi connectivity index (χ3v) is 1.74. The van der Waals surface area contributed by atoms with E-state index in [1.807, 2.05) is 0 Å². The molecule has 1 heterocycles. The fourth-order valence-corrected chi connectivity index (χ4v) is 0.915. The average Bonchev–Trinajstić information content (AvgIpc) is 2.52. The van der Waals surface area contributed by atoms with Gasteiger partial charge in [-0.05, 0) is 12.1 Å². The molecule has 0 saturated heterocycles. The van der Waals surface area contributed by atoms with Crippen LogP contribution in [0.3, 0.4) is 0 Å². The van der Waals surface area contributed by atoms with Crippen LogP contribution in [-0.2, 0) is 5.60 Å². The molecule has 74 valence electrons. The molecule has 0 saturated carbocycles. The molecule has 3 nitrogen and oxygen atoms in total. The van der Waals surface area contributed by atoms with Crippen molar-refractivity contribution in [3.05, 3.63) is 24.0 Å². The van der Waals surface area contributed by atoms with E-state index in [9.17, 15) is 13.2 Å². The second-order valence-electron chi connectivity index (χ2n) is 2.60. The van der Waals surface area contributed by atoms with Crippen molar-refractivity contribution < 1.29 is 23.4 Å². The number of halogens is 3.